The molecule has 0 aliphatic carbocycles. The standard InChI is InChI=1S/C7H15NO4S/c1-11-6(12-2)4-13-3-5(8)7(9)10/h5-6H,3-4,8H2,1-2H3,(H,9,10)/t5-/m1/s1. The molecule has 0 amide bonds. The van der Waals surface area contributed by atoms with Crippen molar-refractivity contribution in [2.45, 2.75) is 12.3 Å². The Morgan fingerprint density at radius 3 is 2.38 bits per heavy atom. The SMILES string of the molecule is COC(CSC[C@@H](N)C(=O)O)OC. The van der Waals surface area contributed by atoms with Gasteiger partial charge in [0.25, 0.3) is 0 Å². The molecule has 0 radical (unpaired) electrons. The van der Waals surface area contributed by atoms with Gasteiger partial charge in [-0.15, -0.1) is 0 Å². The van der Waals surface area contributed by atoms with Gasteiger partial charge in [-0.2, -0.15) is 11.8 Å². The second-order valence-electron chi connectivity index (χ2n) is 2.38. The van der Waals surface area contributed by atoms with Crippen molar-refractivity contribution in [2.24, 2.45) is 5.73 Å². The van der Waals surface area contributed by atoms with E-state index in [4.69, 9.17) is 20.3 Å². The summed E-state index contributed by atoms with van der Waals surface area (Å²) in [6, 6.07) is -0.820. The Labute approximate surface area is 81.6 Å². The van der Waals surface area contributed by atoms with E-state index in [0.717, 1.165) is 0 Å². The van der Waals surface area contributed by atoms with Gasteiger partial charge in [-0.25, -0.2) is 0 Å². The third-order valence-corrected chi connectivity index (χ3v) is 2.50. The molecule has 0 aromatic heterocycles. The van der Waals surface area contributed by atoms with Crippen molar-refractivity contribution in [3.63, 3.8) is 0 Å². The van der Waals surface area contributed by atoms with E-state index < -0.39 is 12.0 Å². The summed E-state index contributed by atoms with van der Waals surface area (Å²) in [4.78, 5) is 10.3. The lowest BCUT2D eigenvalue weighted by Gasteiger charge is -2.13. The second kappa shape index (κ2) is 7.14. The van der Waals surface area contributed by atoms with E-state index in [1.54, 1.807) is 0 Å². The molecule has 0 unspecified atom stereocenters. The van der Waals surface area contributed by atoms with Crippen molar-refractivity contribution in [1.82, 2.24) is 0 Å². The zero-order valence-corrected chi connectivity index (χ0v) is 8.54. The van der Waals surface area contributed by atoms with Crippen molar-refractivity contribution < 1.29 is 19.4 Å². The molecule has 0 aromatic rings. The molecule has 0 spiro atoms. The monoisotopic (exact) mass is 209 g/mol. The van der Waals surface area contributed by atoms with Crippen molar-refractivity contribution in [2.75, 3.05) is 25.7 Å². The summed E-state index contributed by atoms with van der Waals surface area (Å²) in [7, 11) is 3.07. The molecule has 0 aliphatic rings. The van der Waals surface area contributed by atoms with Crippen LogP contribution >= 0.6 is 11.8 Å². The zero-order valence-electron chi connectivity index (χ0n) is 7.73. The average molecular weight is 209 g/mol. The maximum atomic E-state index is 10.3. The Balaban J connectivity index is 3.48. The summed E-state index contributed by atoms with van der Waals surface area (Å²) in [6.45, 7) is 0. The molecule has 0 saturated heterocycles. The number of nitrogens with two attached hydrogens (primary N) is 1. The summed E-state index contributed by atoms with van der Waals surface area (Å²) in [6.07, 6.45) is -0.300. The molecule has 0 saturated carbocycles. The first kappa shape index (κ1) is 12.7. The smallest absolute Gasteiger partial charge is 0.321 e. The Bertz CT molecular complexity index is 151. The third kappa shape index (κ3) is 5.87. The number of rotatable bonds is 7. The molecule has 6 heteroatoms. The Hall–Kier alpha value is -0.300. The summed E-state index contributed by atoms with van der Waals surface area (Å²) >= 11 is 1.39. The van der Waals surface area contributed by atoms with Gasteiger partial charge in [0, 0.05) is 25.7 Å². The van der Waals surface area contributed by atoms with Gasteiger partial charge in [-0.05, 0) is 0 Å². The number of hydrogen-bond acceptors (Lipinski definition) is 5. The third-order valence-electron chi connectivity index (χ3n) is 1.39. The zero-order chi connectivity index (χ0) is 10.3. The van der Waals surface area contributed by atoms with E-state index in [9.17, 15) is 4.79 Å². The van der Waals surface area contributed by atoms with Gasteiger partial charge in [0.2, 0.25) is 0 Å². The maximum absolute atomic E-state index is 10.3. The van der Waals surface area contributed by atoms with E-state index in [0.29, 0.717) is 11.5 Å². The van der Waals surface area contributed by atoms with Crippen LogP contribution in [0.1, 0.15) is 0 Å². The van der Waals surface area contributed by atoms with Gasteiger partial charge < -0.3 is 20.3 Å². The van der Waals surface area contributed by atoms with E-state index in [2.05, 4.69) is 0 Å². The highest BCUT2D eigenvalue weighted by Gasteiger charge is 2.12. The second-order valence-corrected chi connectivity index (χ2v) is 3.46. The lowest BCUT2D eigenvalue weighted by molar-refractivity contribution is -0.137. The van der Waals surface area contributed by atoms with Crippen LogP contribution in [-0.4, -0.2) is 49.1 Å². The summed E-state index contributed by atoms with van der Waals surface area (Å²) in [5, 5.41) is 8.46. The molecule has 0 aromatic carbocycles. The molecule has 3 N–H and O–H groups in total. The highest BCUT2D eigenvalue weighted by Crippen LogP contribution is 2.06. The van der Waals surface area contributed by atoms with Crippen molar-refractivity contribution >= 4 is 17.7 Å². The van der Waals surface area contributed by atoms with Crippen LogP contribution in [-0.2, 0) is 14.3 Å². The molecule has 0 fully saturated rings. The number of methoxy groups -OCH3 is 2. The molecular weight excluding hydrogens is 194 g/mol. The minimum Gasteiger partial charge on any atom is -0.480 e. The van der Waals surface area contributed by atoms with Gasteiger partial charge in [0.15, 0.2) is 6.29 Å². The topological polar surface area (TPSA) is 81.8 Å². The molecule has 13 heavy (non-hydrogen) atoms. The molecule has 0 aliphatic heterocycles. The number of hydrogen-bond donors (Lipinski definition) is 2. The van der Waals surface area contributed by atoms with Gasteiger partial charge in [0.1, 0.15) is 6.04 Å². The minimum absolute atomic E-state index is 0.300. The average Bonchev–Trinajstić information content (AvgIpc) is 2.12. The van der Waals surface area contributed by atoms with Crippen LogP contribution in [0.5, 0.6) is 0 Å². The number of carbonyl (C=O) groups is 1. The van der Waals surface area contributed by atoms with Crippen LogP contribution in [0.15, 0.2) is 0 Å². The van der Waals surface area contributed by atoms with Gasteiger partial charge in [-0.1, -0.05) is 0 Å². The fraction of sp³-hybridized carbons (Fsp3) is 0.857. The first-order valence-electron chi connectivity index (χ1n) is 3.73. The molecule has 1 atom stereocenters. The quantitative estimate of drug-likeness (QED) is 0.563. The Morgan fingerprint density at radius 2 is 2.00 bits per heavy atom. The number of carboxylic acid groups (broad SMARTS) is 1. The van der Waals surface area contributed by atoms with Crippen molar-refractivity contribution in [1.29, 1.82) is 0 Å². The predicted octanol–water partition coefficient (Wildman–Crippen LogP) is -0.250. The molecular formula is C7H15NO4S. The predicted molar refractivity (Wildman–Crippen MR) is 50.7 cm³/mol. The van der Waals surface area contributed by atoms with Crippen LogP contribution in [0.4, 0.5) is 0 Å². The van der Waals surface area contributed by atoms with Gasteiger partial charge in [0.05, 0.1) is 0 Å². The minimum atomic E-state index is -0.987. The summed E-state index contributed by atoms with van der Waals surface area (Å²) in [5.41, 5.74) is 5.28. The number of ether oxygens (including phenoxy) is 2. The summed E-state index contributed by atoms with van der Waals surface area (Å²) in [5.74, 6) is -0.0501. The molecule has 0 heterocycles. The van der Waals surface area contributed by atoms with Crippen LogP contribution in [0.2, 0.25) is 0 Å². The number of aliphatic carboxylic acids is 1. The lowest BCUT2D eigenvalue weighted by atomic mass is 10.4. The molecule has 0 rings (SSSR count). The Kier molecular flexibility index (Phi) is 6.97. The van der Waals surface area contributed by atoms with E-state index in [1.165, 1.54) is 26.0 Å². The number of thioether (sulfide) groups is 1. The normalized spacial score (nSPS) is 13.2. The van der Waals surface area contributed by atoms with Crippen LogP contribution in [0.25, 0.3) is 0 Å². The maximum Gasteiger partial charge on any atom is 0.321 e. The fourth-order valence-electron chi connectivity index (χ4n) is 0.595. The van der Waals surface area contributed by atoms with E-state index >= 15 is 0 Å². The van der Waals surface area contributed by atoms with Gasteiger partial charge in [-0.3, -0.25) is 4.79 Å². The first-order chi connectivity index (χ1) is 6.11. The Morgan fingerprint density at radius 1 is 1.46 bits per heavy atom. The van der Waals surface area contributed by atoms with E-state index in [-0.39, 0.29) is 6.29 Å². The number of carboxylic acids is 1. The fourth-order valence-corrected chi connectivity index (χ4v) is 1.59. The largest absolute Gasteiger partial charge is 0.480 e. The van der Waals surface area contributed by atoms with Gasteiger partial charge >= 0.3 is 5.97 Å². The van der Waals surface area contributed by atoms with Crippen molar-refractivity contribution in [3.8, 4) is 0 Å². The van der Waals surface area contributed by atoms with Crippen molar-refractivity contribution in [3.05, 3.63) is 0 Å². The highest BCUT2D eigenvalue weighted by atomic mass is 32.2. The summed E-state index contributed by atoms with van der Waals surface area (Å²) < 4.78 is 9.82. The lowest BCUT2D eigenvalue weighted by Crippen LogP contribution is -2.33. The molecule has 5 nitrogen and oxygen atoms in total. The first-order valence-corrected chi connectivity index (χ1v) is 4.89. The van der Waals surface area contributed by atoms with Crippen LogP contribution in [0, 0.1) is 0 Å². The molecule has 0 bridgehead atoms. The van der Waals surface area contributed by atoms with Crippen LogP contribution in [0.3, 0.4) is 0 Å². The van der Waals surface area contributed by atoms with Crippen LogP contribution < -0.4 is 5.73 Å². The van der Waals surface area contributed by atoms with E-state index in [1.807, 2.05) is 0 Å². The highest BCUT2D eigenvalue weighted by molar-refractivity contribution is 7.99. The molecule has 78 valence electrons.